The fourth-order valence-corrected chi connectivity index (χ4v) is 1.80. The molecule has 70 valence electrons. The van der Waals surface area contributed by atoms with Crippen molar-refractivity contribution in [2.45, 2.75) is 19.0 Å². The number of rotatable bonds is 3. The standard InChI is InChI=1S/C11H16N2/c1-9(13-8-11(13)7-12)10-5-3-2-4-6-10/h2-6,9,11H,7-8,12H2,1H3. The molecule has 1 aromatic rings. The molecule has 0 bridgehead atoms. The number of hydrogen-bond acceptors (Lipinski definition) is 2. The lowest BCUT2D eigenvalue weighted by Crippen LogP contribution is -2.15. The second kappa shape index (κ2) is 3.48. The van der Waals surface area contributed by atoms with Gasteiger partial charge in [0.2, 0.25) is 0 Å². The molecule has 1 aromatic carbocycles. The largest absolute Gasteiger partial charge is 0.329 e. The lowest BCUT2D eigenvalue weighted by molar-refractivity contribution is 0.408. The highest BCUT2D eigenvalue weighted by Gasteiger charge is 2.36. The molecule has 0 aromatic heterocycles. The van der Waals surface area contributed by atoms with Gasteiger partial charge in [-0.2, -0.15) is 0 Å². The molecule has 0 radical (unpaired) electrons. The lowest BCUT2D eigenvalue weighted by Gasteiger charge is -2.13. The maximum Gasteiger partial charge on any atom is 0.0352 e. The van der Waals surface area contributed by atoms with Crippen molar-refractivity contribution in [2.75, 3.05) is 13.1 Å². The molecular formula is C11H16N2. The first-order valence-corrected chi connectivity index (χ1v) is 4.83. The second-order valence-corrected chi connectivity index (χ2v) is 3.67. The lowest BCUT2D eigenvalue weighted by atomic mass is 10.1. The molecule has 0 saturated carbocycles. The summed E-state index contributed by atoms with van der Waals surface area (Å²) in [5.74, 6) is 0. The Morgan fingerprint density at radius 2 is 2.15 bits per heavy atom. The molecule has 2 N–H and O–H groups in total. The maximum absolute atomic E-state index is 5.60. The minimum atomic E-state index is 0.523. The SMILES string of the molecule is CC(c1ccccc1)N1CC1CN. The predicted octanol–water partition coefficient (Wildman–Crippen LogP) is 1.39. The Kier molecular flexibility index (Phi) is 2.34. The summed E-state index contributed by atoms with van der Waals surface area (Å²) in [4.78, 5) is 2.43. The first-order valence-electron chi connectivity index (χ1n) is 4.83. The summed E-state index contributed by atoms with van der Waals surface area (Å²) >= 11 is 0. The van der Waals surface area contributed by atoms with Gasteiger partial charge in [-0.3, -0.25) is 4.90 Å². The predicted molar refractivity (Wildman–Crippen MR) is 54.4 cm³/mol. The van der Waals surface area contributed by atoms with Crippen LogP contribution in [0, 0.1) is 0 Å². The van der Waals surface area contributed by atoms with Crippen molar-refractivity contribution in [3.05, 3.63) is 35.9 Å². The summed E-state index contributed by atoms with van der Waals surface area (Å²) in [5, 5.41) is 0. The molecule has 3 unspecified atom stereocenters. The number of nitrogens with zero attached hydrogens (tertiary/aromatic N) is 1. The zero-order chi connectivity index (χ0) is 9.26. The quantitative estimate of drug-likeness (QED) is 0.705. The van der Waals surface area contributed by atoms with Crippen molar-refractivity contribution in [1.29, 1.82) is 0 Å². The fourth-order valence-electron chi connectivity index (χ4n) is 1.80. The molecule has 13 heavy (non-hydrogen) atoms. The topological polar surface area (TPSA) is 29.0 Å². The number of nitrogens with two attached hydrogens (primary N) is 1. The van der Waals surface area contributed by atoms with Gasteiger partial charge in [0.05, 0.1) is 0 Å². The average molecular weight is 176 g/mol. The minimum absolute atomic E-state index is 0.523. The van der Waals surface area contributed by atoms with E-state index in [1.165, 1.54) is 5.56 Å². The Labute approximate surface area is 79.4 Å². The van der Waals surface area contributed by atoms with Crippen LogP contribution in [-0.2, 0) is 0 Å². The van der Waals surface area contributed by atoms with Crippen LogP contribution in [0.25, 0.3) is 0 Å². The van der Waals surface area contributed by atoms with Crippen LogP contribution in [0.3, 0.4) is 0 Å². The Hall–Kier alpha value is -0.860. The van der Waals surface area contributed by atoms with Gasteiger partial charge in [-0.25, -0.2) is 0 Å². The molecule has 2 rings (SSSR count). The van der Waals surface area contributed by atoms with Crippen LogP contribution in [0.1, 0.15) is 18.5 Å². The molecule has 0 aliphatic carbocycles. The smallest absolute Gasteiger partial charge is 0.0352 e. The minimum Gasteiger partial charge on any atom is -0.329 e. The van der Waals surface area contributed by atoms with Gasteiger partial charge in [0, 0.05) is 25.2 Å². The number of hydrogen-bond donors (Lipinski definition) is 1. The van der Waals surface area contributed by atoms with Gasteiger partial charge in [-0.15, -0.1) is 0 Å². The molecule has 1 aliphatic heterocycles. The average Bonchev–Trinajstić information content (AvgIpc) is 2.97. The Morgan fingerprint density at radius 1 is 1.46 bits per heavy atom. The van der Waals surface area contributed by atoms with Gasteiger partial charge in [-0.05, 0) is 12.5 Å². The zero-order valence-electron chi connectivity index (χ0n) is 7.98. The summed E-state index contributed by atoms with van der Waals surface area (Å²) in [7, 11) is 0. The van der Waals surface area contributed by atoms with Crippen LogP contribution < -0.4 is 5.73 Å². The molecule has 2 heteroatoms. The summed E-state index contributed by atoms with van der Waals surface area (Å²) < 4.78 is 0. The summed E-state index contributed by atoms with van der Waals surface area (Å²) in [6.45, 7) is 4.19. The van der Waals surface area contributed by atoms with Crippen molar-refractivity contribution in [1.82, 2.24) is 4.90 Å². The first kappa shape index (κ1) is 8.73. The van der Waals surface area contributed by atoms with Crippen molar-refractivity contribution in [3.8, 4) is 0 Å². The van der Waals surface area contributed by atoms with E-state index in [4.69, 9.17) is 5.73 Å². The molecule has 1 heterocycles. The van der Waals surface area contributed by atoms with Gasteiger partial charge in [0.25, 0.3) is 0 Å². The Bertz CT molecular complexity index is 271. The van der Waals surface area contributed by atoms with Gasteiger partial charge in [-0.1, -0.05) is 30.3 Å². The van der Waals surface area contributed by atoms with Crippen LogP contribution in [0.15, 0.2) is 30.3 Å². The second-order valence-electron chi connectivity index (χ2n) is 3.67. The monoisotopic (exact) mass is 176 g/mol. The fraction of sp³-hybridized carbons (Fsp3) is 0.455. The molecule has 0 spiro atoms. The van der Waals surface area contributed by atoms with E-state index in [0.29, 0.717) is 12.1 Å². The highest BCUT2D eigenvalue weighted by molar-refractivity contribution is 5.20. The van der Waals surface area contributed by atoms with E-state index in [2.05, 4.69) is 42.2 Å². The van der Waals surface area contributed by atoms with Crippen molar-refractivity contribution in [2.24, 2.45) is 5.73 Å². The van der Waals surface area contributed by atoms with Gasteiger partial charge in [0.1, 0.15) is 0 Å². The Balaban J connectivity index is 2.03. The summed E-state index contributed by atoms with van der Waals surface area (Å²) in [5.41, 5.74) is 6.99. The molecule has 3 atom stereocenters. The Morgan fingerprint density at radius 3 is 2.69 bits per heavy atom. The van der Waals surface area contributed by atoms with Crippen LogP contribution >= 0.6 is 0 Å². The molecule has 1 fully saturated rings. The van der Waals surface area contributed by atoms with E-state index in [-0.39, 0.29) is 0 Å². The third-order valence-corrected chi connectivity index (χ3v) is 2.81. The molecular weight excluding hydrogens is 160 g/mol. The van der Waals surface area contributed by atoms with Crippen LogP contribution in [0.4, 0.5) is 0 Å². The van der Waals surface area contributed by atoms with Crippen LogP contribution in [-0.4, -0.2) is 24.0 Å². The van der Waals surface area contributed by atoms with Crippen molar-refractivity contribution < 1.29 is 0 Å². The summed E-state index contributed by atoms with van der Waals surface area (Å²) in [6, 6.07) is 11.7. The van der Waals surface area contributed by atoms with E-state index in [1.807, 2.05) is 0 Å². The molecule has 0 amide bonds. The van der Waals surface area contributed by atoms with Crippen LogP contribution in [0.2, 0.25) is 0 Å². The normalized spacial score (nSPS) is 28.5. The van der Waals surface area contributed by atoms with E-state index in [9.17, 15) is 0 Å². The third-order valence-electron chi connectivity index (χ3n) is 2.81. The van der Waals surface area contributed by atoms with E-state index >= 15 is 0 Å². The van der Waals surface area contributed by atoms with Gasteiger partial charge in [0.15, 0.2) is 0 Å². The van der Waals surface area contributed by atoms with Crippen molar-refractivity contribution in [3.63, 3.8) is 0 Å². The van der Waals surface area contributed by atoms with E-state index < -0.39 is 0 Å². The highest BCUT2D eigenvalue weighted by Crippen LogP contribution is 2.30. The third kappa shape index (κ3) is 1.74. The highest BCUT2D eigenvalue weighted by atomic mass is 15.3. The molecule has 2 nitrogen and oxygen atoms in total. The van der Waals surface area contributed by atoms with Crippen LogP contribution in [0.5, 0.6) is 0 Å². The molecule has 1 aliphatic rings. The zero-order valence-corrected chi connectivity index (χ0v) is 7.98. The van der Waals surface area contributed by atoms with E-state index in [0.717, 1.165) is 13.1 Å². The van der Waals surface area contributed by atoms with Gasteiger partial charge >= 0.3 is 0 Å². The first-order chi connectivity index (χ1) is 6.33. The molecule has 1 saturated heterocycles. The van der Waals surface area contributed by atoms with Gasteiger partial charge < -0.3 is 5.73 Å². The van der Waals surface area contributed by atoms with E-state index in [1.54, 1.807) is 0 Å². The van der Waals surface area contributed by atoms with Crippen molar-refractivity contribution >= 4 is 0 Å². The number of benzene rings is 1. The maximum atomic E-state index is 5.60. The summed E-state index contributed by atoms with van der Waals surface area (Å²) in [6.07, 6.45) is 0.